The van der Waals surface area contributed by atoms with Gasteiger partial charge in [-0.2, -0.15) is 0 Å². The molecular weight excluding hydrogens is 382 g/mol. The summed E-state index contributed by atoms with van der Waals surface area (Å²) in [5, 5.41) is 10.7. The molecule has 3 rings (SSSR count). The number of halogens is 1. The Morgan fingerprint density at radius 3 is 2.36 bits per heavy atom. The Hall–Kier alpha value is -2.66. The number of benzene rings is 2. The van der Waals surface area contributed by atoms with Gasteiger partial charge in [0.2, 0.25) is 0 Å². The van der Waals surface area contributed by atoms with E-state index in [-0.39, 0.29) is 11.1 Å². The second-order valence-electron chi connectivity index (χ2n) is 5.63. The molecule has 1 heterocycles. The largest absolute Gasteiger partial charge is 0.478 e. The van der Waals surface area contributed by atoms with Crippen LogP contribution in [0.1, 0.15) is 28.5 Å². The number of rotatable bonds is 4. The van der Waals surface area contributed by atoms with E-state index in [2.05, 4.69) is 15.9 Å². The van der Waals surface area contributed by atoms with Gasteiger partial charge in [-0.3, -0.25) is 9.36 Å². The van der Waals surface area contributed by atoms with E-state index >= 15 is 0 Å². The van der Waals surface area contributed by atoms with Crippen LogP contribution in [0.25, 0.3) is 17.0 Å². The molecule has 1 aromatic heterocycles. The predicted octanol–water partition coefficient (Wildman–Crippen LogP) is 4.54. The molecule has 0 radical (unpaired) electrons. The highest BCUT2D eigenvalue weighted by Crippen LogP contribution is 2.23. The van der Waals surface area contributed by atoms with E-state index in [1.165, 1.54) is 4.57 Å². The Labute approximate surface area is 153 Å². The van der Waals surface area contributed by atoms with Crippen molar-refractivity contribution in [1.29, 1.82) is 0 Å². The number of nitrogens with zero attached hydrogens (tertiary/aromatic N) is 1. The zero-order valence-electron chi connectivity index (χ0n) is 13.6. The van der Waals surface area contributed by atoms with Gasteiger partial charge >= 0.3 is 5.97 Å². The number of aromatic nitrogens is 1. The molecular formula is C20H16BrNO3. The number of hydrogen-bond acceptors (Lipinski definition) is 2. The molecule has 0 saturated carbocycles. The maximum absolute atomic E-state index is 12.9. The van der Waals surface area contributed by atoms with Gasteiger partial charge < -0.3 is 5.11 Å². The van der Waals surface area contributed by atoms with Crippen LogP contribution in [0.15, 0.2) is 63.9 Å². The standard InChI is InChI=1S/C20H16BrNO3/c1-2-11-22-17(12-13-7-9-14(21)10-8-13)18(20(24)25)15-5-3-4-6-16(15)19(22)23/h2-11H,12H2,1H3,(H,24,25). The molecule has 0 fully saturated rings. The molecule has 126 valence electrons. The molecule has 1 N–H and O–H groups in total. The van der Waals surface area contributed by atoms with E-state index < -0.39 is 5.97 Å². The second-order valence-corrected chi connectivity index (χ2v) is 6.55. The van der Waals surface area contributed by atoms with E-state index in [1.807, 2.05) is 24.3 Å². The molecule has 0 aliphatic rings. The van der Waals surface area contributed by atoms with E-state index in [1.54, 1.807) is 43.5 Å². The molecule has 3 aromatic rings. The van der Waals surface area contributed by atoms with Gasteiger partial charge in [0.15, 0.2) is 0 Å². The third-order valence-electron chi connectivity index (χ3n) is 4.02. The molecule has 0 aliphatic heterocycles. The minimum atomic E-state index is -1.04. The molecule has 0 spiro atoms. The smallest absolute Gasteiger partial charge is 0.338 e. The number of aromatic carboxylic acids is 1. The van der Waals surface area contributed by atoms with E-state index in [0.717, 1.165) is 10.0 Å². The van der Waals surface area contributed by atoms with Crippen LogP contribution in [-0.2, 0) is 6.42 Å². The van der Waals surface area contributed by atoms with Crippen LogP contribution in [0.2, 0.25) is 0 Å². The average Bonchev–Trinajstić information content (AvgIpc) is 2.60. The maximum Gasteiger partial charge on any atom is 0.338 e. The van der Waals surface area contributed by atoms with Gasteiger partial charge in [-0.15, -0.1) is 0 Å². The van der Waals surface area contributed by atoms with Gasteiger partial charge in [0.05, 0.1) is 5.56 Å². The van der Waals surface area contributed by atoms with Gasteiger partial charge in [-0.25, -0.2) is 4.79 Å². The third kappa shape index (κ3) is 3.28. The van der Waals surface area contributed by atoms with Crippen molar-refractivity contribution in [2.24, 2.45) is 0 Å². The highest BCUT2D eigenvalue weighted by atomic mass is 79.9. The molecule has 0 unspecified atom stereocenters. The first kappa shape index (κ1) is 17.2. The van der Waals surface area contributed by atoms with Crippen molar-refractivity contribution < 1.29 is 9.90 Å². The Bertz CT molecular complexity index is 1030. The van der Waals surface area contributed by atoms with Crippen molar-refractivity contribution in [2.45, 2.75) is 13.3 Å². The summed E-state index contributed by atoms with van der Waals surface area (Å²) in [6.07, 6.45) is 3.70. The Kier molecular flexibility index (Phi) is 4.86. The van der Waals surface area contributed by atoms with Crippen molar-refractivity contribution >= 4 is 38.9 Å². The van der Waals surface area contributed by atoms with Crippen LogP contribution in [0, 0.1) is 0 Å². The molecule has 0 saturated heterocycles. The third-order valence-corrected chi connectivity index (χ3v) is 4.55. The lowest BCUT2D eigenvalue weighted by Gasteiger charge is -2.15. The molecule has 0 atom stereocenters. The topological polar surface area (TPSA) is 59.3 Å². The number of fused-ring (bicyclic) bond motifs is 1. The Morgan fingerprint density at radius 1 is 1.12 bits per heavy atom. The normalized spacial score (nSPS) is 11.3. The van der Waals surface area contributed by atoms with Crippen LogP contribution in [0.3, 0.4) is 0 Å². The maximum atomic E-state index is 12.9. The molecule has 0 amide bonds. The number of pyridine rings is 1. The van der Waals surface area contributed by atoms with Gasteiger partial charge in [0, 0.05) is 33.6 Å². The van der Waals surface area contributed by atoms with Crippen molar-refractivity contribution in [1.82, 2.24) is 4.57 Å². The second kappa shape index (κ2) is 7.07. The molecule has 0 aliphatic carbocycles. The fourth-order valence-corrected chi connectivity index (χ4v) is 3.19. The van der Waals surface area contributed by atoms with Crippen molar-refractivity contribution in [3.63, 3.8) is 0 Å². The number of carbonyl (C=O) groups is 1. The Balaban J connectivity index is 2.36. The summed E-state index contributed by atoms with van der Waals surface area (Å²) in [5.41, 5.74) is 1.34. The number of carboxylic acid groups (broad SMARTS) is 1. The lowest BCUT2D eigenvalue weighted by molar-refractivity contribution is 0.0697. The number of hydrogen-bond donors (Lipinski definition) is 1. The first-order chi connectivity index (χ1) is 12.0. The zero-order chi connectivity index (χ0) is 18.0. The SMILES string of the molecule is CC=Cn1c(Cc2ccc(Br)cc2)c(C(=O)O)c2ccccc2c1=O. The van der Waals surface area contributed by atoms with E-state index in [0.29, 0.717) is 22.9 Å². The lowest BCUT2D eigenvalue weighted by Crippen LogP contribution is -2.24. The Morgan fingerprint density at radius 2 is 1.76 bits per heavy atom. The summed E-state index contributed by atoms with van der Waals surface area (Å²) in [7, 11) is 0. The summed E-state index contributed by atoms with van der Waals surface area (Å²) < 4.78 is 2.38. The summed E-state index contributed by atoms with van der Waals surface area (Å²) in [6.45, 7) is 1.80. The summed E-state index contributed by atoms with van der Waals surface area (Å²) in [4.78, 5) is 24.9. The molecule has 25 heavy (non-hydrogen) atoms. The highest BCUT2D eigenvalue weighted by molar-refractivity contribution is 9.10. The zero-order valence-corrected chi connectivity index (χ0v) is 15.2. The predicted molar refractivity (Wildman–Crippen MR) is 103 cm³/mol. The van der Waals surface area contributed by atoms with Gasteiger partial charge in [0.1, 0.15) is 0 Å². The fraction of sp³-hybridized carbons (Fsp3) is 0.100. The fourth-order valence-electron chi connectivity index (χ4n) is 2.93. The van der Waals surface area contributed by atoms with Crippen LogP contribution in [0.5, 0.6) is 0 Å². The van der Waals surface area contributed by atoms with E-state index in [9.17, 15) is 14.7 Å². The first-order valence-corrected chi connectivity index (χ1v) is 8.59. The van der Waals surface area contributed by atoms with Crippen LogP contribution >= 0.6 is 15.9 Å². The molecule has 4 nitrogen and oxygen atoms in total. The van der Waals surface area contributed by atoms with Crippen LogP contribution < -0.4 is 5.56 Å². The monoisotopic (exact) mass is 397 g/mol. The van der Waals surface area contributed by atoms with Crippen molar-refractivity contribution in [3.8, 4) is 0 Å². The van der Waals surface area contributed by atoms with Crippen molar-refractivity contribution in [2.75, 3.05) is 0 Å². The minimum absolute atomic E-state index is 0.163. The molecule has 2 aromatic carbocycles. The molecule has 0 bridgehead atoms. The lowest BCUT2D eigenvalue weighted by atomic mass is 9.99. The summed E-state index contributed by atoms with van der Waals surface area (Å²) >= 11 is 3.39. The average molecular weight is 398 g/mol. The van der Waals surface area contributed by atoms with E-state index in [4.69, 9.17) is 0 Å². The first-order valence-electron chi connectivity index (χ1n) is 7.79. The summed E-state index contributed by atoms with van der Waals surface area (Å²) in [5.74, 6) is -1.04. The quantitative estimate of drug-likeness (QED) is 0.702. The summed E-state index contributed by atoms with van der Waals surface area (Å²) in [6, 6.07) is 14.5. The highest BCUT2D eigenvalue weighted by Gasteiger charge is 2.20. The van der Waals surface area contributed by atoms with Gasteiger partial charge in [0.25, 0.3) is 5.56 Å². The van der Waals surface area contributed by atoms with Crippen LogP contribution in [-0.4, -0.2) is 15.6 Å². The van der Waals surface area contributed by atoms with Crippen LogP contribution in [0.4, 0.5) is 0 Å². The number of allylic oxidation sites excluding steroid dienone is 1. The van der Waals surface area contributed by atoms with Gasteiger partial charge in [-0.1, -0.05) is 52.3 Å². The number of carboxylic acids is 1. The minimum Gasteiger partial charge on any atom is -0.478 e. The van der Waals surface area contributed by atoms with Gasteiger partial charge in [-0.05, 0) is 30.7 Å². The molecule has 5 heteroatoms. The van der Waals surface area contributed by atoms with Crippen molar-refractivity contribution in [3.05, 3.63) is 86.3 Å².